The fourth-order valence-corrected chi connectivity index (χ4v) is 3.57. The summed E-state index contributed by atoms with van der Waals surface area (Å²) in [5.41, 5.74) is 0.666. The lowest BCUT2D eigenvalue weighted by atomic mass is 10.0. The minimum absolute atomic E-state index is 0.0276. The van der Waals surface area contributed by atoms with Gasteiger partial charge in [0.1, 0.15) is 11.9 Å². The van der Waals surface area contributed by atoms with E-state index in [0.717, 1.165) is 0 Å². The molecule has 7 nitrogen and oxygen atoms in total. The van der Waals surface area contributed by atoms with Crippen LogP contribution in [0.1, 0.15) is 11.6 Å². The van der Waals surface area contributed by atoms with E-state index in [1.165, 1.54) is 19.2 Å². The summed E-state index contributed by atoms with van der Waals surface area (Å²) in [5, 5.41) is 0. The Kier molecular flexibility index (Phi) is 6.76. The topological polar surface area (TPSA) is 62.3 Å². The summed E-state index contributed by atoms with van der Waals surface area (Å²) < 4.78 is 23.9. The molecule has 2 aliphatic rings. The van der Waals surface area contributed by atoms with Crippen LogP contribution < -0.4 is 0 Å². The molecule has 27 heavy (non-hydrogen) atoms. The predicted molar refractivity (Wildman–Crippen MR) is 96.6 cm³/mol. The second-order valence-corrected chi connectivity index (χ2v) is 6.78. The van der Waals surface area contributed by atoms with Gasteiger partial charge in [-0.05, 0) is 17.7 Å². The van der Waals surface area contributed by atoms with E-state index >= 15 is 0 Å². The number of halogens is 1. The van der Waals surface area contributed by atoms with E-state index in [4.69, 9.17) is 9.47 Å². The van der Waals surface area contributed by atoms with Crippen molar-refractivity contribution in [3.05, 3.63) is 35.6 Å². The van der Waals surface area contributed by atoms with Gasteiger partial charge >= 0.3 is 5.97 Å². The first-order valence-corrected chi connectivity index (χ1v) is 9.23. The lowest BCUT2D eigenvalue weighted by Crippen LogP contribution is -2.54. The van der Waals surface area contributed by atoms with Gasteiger partial charge in [0.25, 0.3) is 0 Å². The molecule has 0 spiro atoms. The highest BCUT2D eigenvalue weighted by Crippen LogP contribution is 2.25. The average molecular weight is 379 g/mol. The average Bonchev–Trinajstić information content (AvgIpc) is 2.69. The number of benzene rings is 1. The van der Waals surface area contributed by atoms with E-state index in [0.29, 0.717) is 58.0 Å². The van der Waals surface area contributed by atoms with Crippen molar-refractivity contribution in [2.75, 3.05) is 66.1 Å². The quantitative estimate of drug-likeness (QED) is 0.695. The third-order valence-electron chi connectivity index (χ3n) is 5.07. The molecule has 1 aromatic rings. The second-order valence-electron chi connectivity index (χ2n) is 6.78. The van der Waals surface area contributed by atoms with Crippen molar-refractivity contribution in [2.24, 2.45) is 0 Å². The van der Waals surface area contributed by atoms with E-state index in [9.17, 15) is 14.0 Å². The maximum absolute atomic E-state index is 13.8. The Morgan fingerprint density at radius 2 is 1.85 bits per heavy atom. The van der Waals surface area contributed by atoms with Crippen LogP contribution in [0.25, 0.3) is 0 Å². The monoisotopic (exact) mass is 379 g/mol. The van der Waals surface area contributed by atoms with E-state index in [-0.39, 0.29) is 24.2 Å². The molecule has 1 unspecified atom stereocenters. The summed E-state index contributed by atoms with van der Waals surface area (Å²) in [6.07, 6.45) is 0. The maximum Gasteiger partial charge on any atom is 0.319 e. The molecule has 2 saturated heterocycles. The maximum atomic E-state index is 13.8. The van der Waals surface area contributed by atoms with Gasteiger partial charge < -0.3 is 14.4 Å². The normalized spacial score (nSPS) is 20.3. The molecule has 148 valence electrons. The zero-order valence-electron chi connectivity index (χ0n) is 15.6. The molecule has 1 aromatic carbocycles. The highest BCUT2D eigenvalue weighted by Gasteiger charge is 2.34. The number of rotatable bonds is 5. The first-order chi connectivity index (χ1) is 13.1. The molecular formula is C19H26FN3O4. The zero-order valence-corrected chi connectivity index (χ0v) is 15.6. The number of carbonyl (C=O) groups is 2. The highest BCUT2D eigenvalue weighted by molar-refractivity contribution is 5.83. The van der Waals surface area contributed by atoms with E-state index in [2.05, 4.69) is 4.90 Å². The molecule has 0 aliphatic carbocycles. The van der Waals surface area contributed by atoms with Gasteiger partial charge in [-0.25, -0.2) is 4.39 Å². The van der Waals surface area contributed by atoms with Crippen LogP contribution in [0.15, 0.2) is 24.3 Å². The summed E-state index contributed by atoms with van der Waals surface area (Å²) in [6, 6.07) is 5.74. The number of hydrogen-bond acceptors (Lipinski definition) is 6. The summed E-state index contributed by atoms with van der Waals surface area (Å²) in [4.78, 5) is 30.6. The van der Waals surface area contributed by atoms with Crippen molar-refractivity contribution in [1.29, 1.82) is 0 Å². The summed E-state index contributed by atoms with van der Waals surface area (Å²) in [7, 11) is 1.37. The minimum atomic E-state index is -0.517. The largest absolute Gasteiger partial charge is 0.468 e. The Labute approximate surface area is 158 Å². The van der Waals surface area contributed by atoms with Gasteiger partial charge in [0.2, 0.25) is 5.91 Å². The highest BCUT2D eigenvalue weighted by atomic mass is 19.1. The number of hydrogen-bond donors (Lipinski definition) is 0. The number of carbonyl (C=O) groups excluding carboxylic acids is 2. The molecule has 0 N–H and O–H groups in total. The molecule has 2 fully saturated rings. The summed E-state index contributed by atoms with van der Waals surface area (Å²) in [6.45, 7) is 4.91. The summed E-state index contributed by atoms with van der Waals surface area (Å²) in [5.74, 6) is -0.651. The first kappa shape index (κ1) is 19.7. The van der Waals surface area contributed by atoms with Gasteiger partial charge in [-0.2, -0.15) is 0 Å². The lowest BCUT2D eigenvalue weighted by molar-refractivity contribution is -0.144. The molecule has 2 heterocycles. The van der Waals surface area contributed by atoms with Gasteiger partial charge in [-0.3, -0.25) is 19.4 Å². The smallest absolute Gasteiger partial charge is 0.319 e. The van der Waals surface area contributed by atoms with Gasteiger partial charge in [-0.1, -0.05) is 12.1 Å². The van der Waals surface area contributed by atoms with Crippen molar-refractivity contribution in [3.63, 3.8) is 0 Å². The van der Waals surface area contributed by atoms with Gasteiger partial charge in [0.15, 0.2) is 0 Å². The molecule has 0 radical (unpaired) electrons. The SMILES string of the molecule is COC(=O)CN1CCN(C(=O)C(c2cccc(F)c2)N2CCOCC2)CC1. The first-order valence-electron chi connectivity index (χ1n) is 9.23. The molecule has 8 heteroatoms. The van der Waals surface area contributed by atoms with Crippen LogP contribution in [-0.4, -0.2) is 92.7 Å². The predicted octanol–water partition coefficient (Wildman–Crippen LogP) is 0.516. The van der Waals surface area contributed by atoms with E-state index in [1.54, 1.807) is 17.0 Å². The van der Waals surface area contributed by atoms with Crippen LogP contribution in [-0.2, 0) is 19.1 Å². The standard InChI is InChI=1S/C19H26FN3O4/c1-26-17(24)14-21-5-7-23(8-6-21)19(25)18(22-9-11-27-12-10-22)15-3-2-4-16(20)13-15/h2-4,13,18H,5-12,14H2,1H3. The molecule has 1 atom stereocenters. The van der Waals surface area contributed by atoms with Gasteiger partial charge in [0, 0.05) is 39.3 Å². The molecule has 3 rings (SSSR count). The van der Waals surface area contributed by atoms with Gasteiger partial charge in [-0.15, -0.1) is 0 Å². The Morgan fingerprint density at radius 1 is 1.15 bits per heavy atom. The van der Waals surface area contributed by atoms with Crippen LogP contribution in [0.3, 0.4) is 0 Å². The van der Waals surface area contributed by atoms with Gasteiger partial charge in [0.05, 0.1) is 26.9 Å². The fraction of sp³-hybridized carbons (Fsp3) is 0.579. The minimum Gasteiger partial charge on any atom is -0.468 e. The van der Waals surface area contributed by atoms with Crippen molar-refractivity contribution >= 4 is 11.9 Å². The van der Waals surface area contributed by atoms with E-state index < -0.39 is 6.04 Å². The number of piperazine rings is 1. The summed E-state index contributed by atoms with van der Waals surface area (Å²) >= 11 is 0. The molecule has 0 bridgehead atoms. The Morgan fingerprint density at radius 3 is 2.48 bits per heavy atom. The van der Waals surface area contributed by atoms with Crippen LogP contribution in [0.5, 0.6) is 0 Å². The van der Waals surface area contributed by atoms with Crippen molar-refractivity contribution < 1.29 is 23.5 Å². The van der Waals surface area contributed by atoms with Crippen LogP contribution >= 0.6 is 0 Å². The molecular weight excluding hydrogens is 353 g/mol. The van der Waals surface area contributed by atoms with Crippen molar-refractivity contribution in [3.8, 4) is 0 Å². The lowest BCUT2D eigenvalue weighted by Gasteiger charge is -2.40. The number of esters is 1. The van der Waals surface area contributed by atoms with Crippen molar-refractivity contribution in [2.45, 2.75) is 6.04 Å². The Bertz CT molecular complexity index is 658. The third kappa shape index (κ3) is 5.03. The van der Waals surface area contributed by atoms with Crippen LogP contribution in [0.2, 0.25) is 0 Å². The Balaban J connectivity index is 1.71. The number of methoxy groups -OCH3 is 1. The second kappa shape index (κ2) is 9.25. The number of nitrogens with zero attached hydrogens (tertiary/aromatic N) is 3. The molecule has 0 aromatic heterocycles. The van der Waals surface area contributed by atoms with Crippen LogP contribution in [0, 0.1) is 5.82 Å². The number of amides is 1. The number of ether oxygens (including phenoxy) is 2. The molecule has 1 amide bonds. The third-order valence-corrected chi connectivity index (χ3v) is 5.07. The van der Waals surface area contributed by atoms with Crippen molar-refractivity contribution in [1.82, 2.24) is 14.7 Å². The molecule has 2 aliphatic heterocycles. The van der Waals surface area contributed by atoms with Crippen LogP contribution in [0.4, 0.5) is 4.39 Å². The Hall–Kier alpha value is -2.03. The zero-order chi connectivity index (χ0) is 19.2. The number of morpholine rings is 1. The fourth-order valence-electron chi connectivity index (χ4n) is 3.57. The van der Waals surface area contributed by atoms with E-state index in [1.807, 2.05) is 4.90 Å². The molecule has 0 saturated carbocycles.